The Hall–Kier alpha value is -5.12. The summed E-state index contributed by atoms with van der Waals surface area (Å²) in [6.07, 6.45) is 2.74. The number of hydrogen-bond donors (Lipinski definition) is 2. The third-order valence-electron chi connectivity index (χ3n) is 9.41. The van der Waals surface area contributed by atoms with Gasteiger partial charge in [-0.25, -0.2) is 4.98 Å². The molecule has 0 bridgehead atoms. The zero-order valence-electron chi connectivity index (χ0n) is 28.4. The van der Waals surface area contributed by atoms with Crippen LogP contribution in [-0.2, 0) is 14.3 Å². The van der Waals surface area contributed by atoms with Gasteiger partial charge in [0.1, 0.15) is 46.7 Å². The molecule has 2 saturated heterocycles. The molecule has 2 N–H and O–H groups in total. The molecule has 3 atom stereocenters. The molecular weight excluding hydrogens is 736 g/mol. The van der Waals surface area contributed by atoms with Crippen molar-refractivity contribution in [3.05, 3.63) is 98.4 Å². The molecule has 15 heteroatoms. The number of carbonyl (C=O) groups is 4. The van der Waals surface area contributed by atoms with Crippen LogP contribution in [0.5, 0.6) is 11.5 Å². The molecule has 2 fully saturated rings. The lowest BCUT2D eigenvalue weighted by molar-refractivity contribution is -0.136. The van der Waals surface area contributed by atoms with Gasteiger partial charge in [0.05, 0.1) is 24.3 Å². The number of likely N-dealkylation sites (N-methyl/N-ethyl adjacent to an activating group) is 1. The first-order valence-electron chi connectivity index (χ1n) is 17.1. The molecule has 1 unspecified atom stereocenters. The van der Waals surface area contributed by atoms with Crippen LogP contribution in [0.2, 0.25) is 0 Å². The van der Waals surface area contributed by atoms with Gasteiger partial charge in [-0.15, -0.1) is 0 Å². The Labute approximate surface area is 307 Å². The van der Waals surface area contributed by atoms with Crippen molar-refractivity contribution in [2.24, 2.45) is 0 Å². The van der Waals surface area contributed by atoms with Crippen molar-refractivity contribution in [1.29, 1.82) is 0 Å². The number of fused-ring (bicyclic) bond motifs is 2. The molecule has 0 saturated carbocycles. The predicted molar refractivity (Wildman–Crippen MR) is 193 cm³/mol. The predicted octanol–water partition coefficient (Wildman–Crippen LogP) is 3.23. The number of nitrogens with zero attached hydrogens (tertiary/aromatic N) is 4. The molecule has 5 heterocycles. The van der Waals surface area contributed by atoms with E-state index in [0.29, 0.717) is 34.9 Å². The average Bonchev–Trinajstić information content (AvgIpc) is 3.38. The van der Waals surface area contributed by atoms with E-state index in [0.717, 1.165) is 30.2 Å². The maximum atomic E-state index is 13.0. The number of imide groups is 2. The summed E-state index contributed by atoms with van der Waals surface area (Å²) in [4.78, 5) is 70.4. The van der Waals surface area contributed by atoms with Crippen LogP contribution in [0.25, 0.3) is 5.65 Å². The number of likely N-dealkylation sites (tertiary alicyclic amines) is 1. The third kappa shape index (κ3) is 7.43. The van der Waals surface area contributed by atoms with Crippen LogP contribution in [-0.4, -0.2) is 101 Å². The third-order valence-corrected chi connectivity index (χ3v) is 10.1. The summed E-state index contributed by atoms with van der Waals surface area (Å²) < 4.78 is 19.2. The van der Waals surface area contributed by atoms with E-state index in [1.807, 2.05) is 24.3 Å². The van der Waals surface area contributed by atoms with Gasteiger partial charge in [-0.3, -0.25) is 38.6 Å². The lowest BCUT2D eigenvalue weighted by Crippen LogP contribution is -2.54. The minimum Gasteiger partial charge on any atom is -0.491 e. The van der Waals surface area contributed by atoms with Crippen molar-refractivity contribution in [2.75, 3.05) is 51.9 Å². The molecule has 4 aromatic rings. The highest BCUT2D eigenvalue weighted by molar-refractivity contribution is 9.10. The van der Waals surface area contributed by atoms with E-state index in [-0.39, 0.29) is 54.7 Å². The SMILES string of the molecule is CN1C[C@H](Nc2nc3ccccn3c(=O)c2Br)C[C@H](c2ccc(OCCOCCOc3ccc4c(c3)C(=O)N(C3CCC(=O)NC3=O)C4=O)cc2)C1. The fourth-order valence-electron chi connectivity index (χ4n) is 6.94. The number of benzene rings is 2. The Morgan fingerprint density at radius 3 is 2.38 bits per heavy atom. The molecule has 7 rings (SSSR count). The number of amides is 4. The average molecular weight is 774 g/mol. The monoisotopic (exact) mass is 772 g/mol. The number of rotatable bonds is 12. The van der Waals surface area contributed by atoms with Gasteiger partial charge < -0.3 is 24.4 Å². The van der Waals surface area contributed by atoms with Crippen LogP contribution in [0.4, 0.5) is 5.82 Å². The highest BCUT2D eigenvalue weighted by atomic mass is 79.9. The Bertz CT molecular complexity index is 2090. The summed E-state index contributed by atoms with van der Waals surface area (Å²) in [6.45, 7) is 2.90. The second-order valence-corrected chi connectivity index (χ2v) is 13.8. The van der Waals surface area contributed by atoms with Gasteiger partial charge in [0.2, 0.25) is 11.8 Å². The number of carbonyl (C=O) groups excluding carboxylic acids is 4. The normalized spacial score (nSPS) is 20.6. The molecule has 52 heavy (non-hydrogen) atoms. The zero-order chi connectivity index (χ0) is 36.4. The first-order valence-corrected chi connectivity index (χ1v) is 17.9. The first kappa shape index (κ1) is 35.3. The van der Waals surface area contributed by atoms with Crippen LogP contribution in [0.15, 0.2) is 76.1 Å². The number of pyridine rings is 1. The number of halogens is 1. The van der Waals surface area contributed by atoms with E-state index in [2.05, 4.69) is 55.6 Å². The summed E-state index contributed by atoms with van der Waals surface area (Å²) >= 11 is 3.45. The summed E-state index contributed by atoms with van der Waals surface area (Å²) in [5.74, 6) is -0.272. The number of hydrogen-bond acceptors (Lipinski definition) is 11. The second-order valence-electron chi connectivity index (χ2n) is 13.0. The molecule has 0 spiro atoms. The van der Waals surface area contributed by atoms with E-state index in [9.17, 15) is 24.0 Å². The molecule has 0 radical (unpaired) electrons. The van der Waals surface area contributed by atoms with E-state index >= 15 is 0 Å². The van der Waals surface area contributed by atoms with Crippen LogP contribution in [0.1, 0.15) is 51.5 Å². The second kappa shape index (κ2) is 15.2. The number of nitrogens with one attached hydrogen (secondary N) is 2. The van der Waals surface area contributed by atoms with E-state index in [1.165, 1.54) is 22.1 Å². The minimum atomic E-state index is -1.02. The summed E-state index contributed by atoms with van der Waals surface area (Å²) in [5.41, 5.74) is 1.98. The highest BCUT2D eigenvalue weighted by Gasteiger charge is 2.44. The van der Waals surface area contributed by atoms with E-state index in [1.54, 1.807) is 18.3 Å². The topological polar surface area (TPSA) is 161 Å². The van der Waals surface area contributed by atoms with Gasteiger partial charge in [0.15, 0.2) is 0 Å². The van der Waals surface area contributed by atoms with Gasteiger partial charge in [0.25, 0.3) is 17.4 Å². The van der Waals surface area contributed by atoms with Crippen molar-refractivity contribution in [3.8, 4) is 11.5 Å². The van der Waals surface area contributed by atoms with Crippen molar-refractivity contribution in [2.45, 2.75) is 37.3 Å². The maximum absolute atomic E-state index is 13.0. The quantitative estimate of drug-likeness (QED) is 0.161. The number of ether oxygens (including phenoxy) is 3. The van der Waals surface area contributed by atoms with Crippen LogP contribution in [0, 0.1) is 0 Å². The Kier molecular flexibility index (Phi) is 10.3. The molecule has 3 aliphatic heterocycles. The van der Waals surface area contributed by atoms with E-state index < -0.39 is 29.7 Å². The number of aromatic nitrogens is 2. The molecule has 2 aromatic heterocycles. The first-order chi connectivity index (χ1) is 25.2. The van der Waals surface area contributed by atoms with Gasteiger partial charge in [0, 0.05) is 31.7 Å². The van der Waals surface area contributed by atoms with Crippen molar-refractivity contribution in [3.63, 3.8) is 0 Å². The molecule has 14 nitrogen and oxygen atoms in total. The molecule has 3 aliphatic rings. The Morgan fingerprint density at radius 2 is 1.62 bits per heavy atom. The lowest BCUT2D eigenvalue weighted by Gasteiger charge is -2.36. The fraction of sp³-hybridized carbons (Fsp3) is 0.351. The summed E-state index contributed by atoms with van der Waals surface area (Å²) in [5, 5.41) is 5.69. The minimum absolute atomic E-state index is 0.0597. The molecule has 0 aliphatic carbocycles. The van der Waals surface area contributed by atoms with E-state index in [4.69, 9.17) is 14.2 Å². The lowest BCUT2D eigenvalue weighted by atomic mass is 9.88. The number of piperidine rings is 2. The van der Waals surface area contributed by atoms with Crippen molar-refractivity contribution < 1.29 is 33.4 Å². The number of anilines is 1. The van der Waals surface area contributed by atoms with Crippen molar-refractivity contribution in [1.82, 2.24) is 24.5 Å². The standard InChI is InChI=1S/C37H37BrN6O8/c1-42-20-23(18-24(21-42)39-33-32(38)37(49)43-13-3-2-4-30(43)40-33)22-5-7-25(8-6-22)51-16-14-50-15-17-52-26-9-10-27-28(19-26)36(48)44(35(27)47)29-11-12-31(45)41-34(29)46/h2-10,13,19,23-24,29,39H,11-12,14-18,20-21H2,1H3,(H,41,45,46)/t23-,24+,29?/m0/s1. The molecular formula is C37H37BrN6O8. The largest absolute Gasteiger partial charge is 0.491 e. The van der Waals surface area contributed by atoms with Crippen molar-refractivity contribution >= 4 is 51.0 Å². The maximum Gasteiger partial charge on any atom is 0.274 e. The van der Waals surface area contributed by atoms with Crippen LogP contribution in [0.3, 0.4) is 0 Å². The van der Waals surface area contributed by atoms with Gasteiger partial charge >= 0.3 is 0 Å². The smallest absolute Gasteiger partial charge is 0.274 e. The Morgan fingerprint density at radius 1 is 0.885 bits per heavy atom. The zero-order valence-corrected chi connectivity index (χ0v) is 30.0. The van der Waals surface area contributed by atoms with Gasteiger partial charge in [-0.1, -0.05) is 18.2 Å². The summed E-state index contributed by atoms with van der Waals surface area (Å²) in [7, 11) is 2.09. The highest BCUT2D eigenvalue weighted by Crippen LogP contribution is 2.32. The summed E-state index contributed by atoms with van der Waals surface area (Å²) in [6, 6.07) is 17.2. The van der Waals surface area contributed by atoms with Gasteiger partial charge in [-0.05, 0) is 89.8 Å². The Balaban J connectivity index is 0.843. The van der Waals surface area contributed by atoms with Crippen LogP contribution < -0.4 is 25.7 Å². The molecule has 2 aromatic carbocycles. The molecule has 270 valence electrons. The van der Waals surface area contributed by atoms with Crippen LogP contribution >= 0.6 is 15.9 Å². The van der Waals surface area contributed by atoms with Gasteiger partial charge in [-0.2, -0.15) is 0 Å². The molecule has 4 amide bonds. The fourth-order valence-corrected chi connectivity index (χ4v) is 7.33.